The standard InChI is InChI=1S/C17H18ClFN2O6/c1-3-27-17(25)9-6-13(12(19)7-11(9)18)20-14-10(16(24)26-2)8-21(4-5-22)15(14)23/h6-7,20,22H,3-5,8H2,1-2H3. The quantitative estimate of drug-likeness (QED) is 0.665. The zero-order valence-corrected chi connectivity index (χ0v) is 15.4. The van der Waals surface area contributed by atoms with Gasteiger partial charge in [-0.2, -0.15) is 0 Å². The van der Waals surface area contributed by atoms with E-state index in [2.05, 4.69) is 10.1 Å². The van der Waals surface area contributed by atoms with Crippen molar-refractivity contribution in [2.45, 2.75) is 6.92 Å². The minimum Gasteiger partial charge on any atom is -0.466 e. The number of anilines is 1. The number of hydrogen-bond donors (Lipinski definition) is 2. The molecule has 1 aromatic rings. The second-order valence-corrected chi connectivity index (χ2v) is 5.86. The molecule has 146 valence electrons. The summed E-state index contributed by atoms with van der Waals surface area (Å²) in [6.45, 7) is 1.28. The lowest BCUT2D eigenvalue weighted by molar-refractivity contribution is -0.136. The average Bonchev–Trinajstić information content (AvgIpc) is 2.93. The fraction of sp³-hybridized carbons (Fsp3) is 0.353. The van der Waals surface area contributed by atoms with E-state index in [1.165, 1.54) is 4.90 Å². The average molecular weight is 401 g/mol. The number of halogens is 2. The summed E-state index contributed by atoms with van der Waals surface area (Å²) in [7, 11) is 1.15. The van der Waals surface area contributed by atoms with E-state index < -0.39 is 23.7 Å². The summed E-state index contributed by atoms with van der Waals surface area (Å²) in [5.74, 6) is -2.98. The smallest absolute Gasteiger partial charge is 0.339 e. The molecule has 0 fully saturated rings. The lowest BCUT2D eigenvalue weighted by atomic mass is 10.1. The first kappa shape index (κ1) is 20.7. The van der Waals surface area contributed by atoms with Crippen molar-refractivity contribution in [3.8, 4) is 0 Å². The maximum absolute atomic E-state index is 14.3. The van der Waals surface area contributed by atoms with Crippen molar-refractivity contribution in [3.63, 3.8) is 0 Å². The molecule has 0 saturated carbocycles. The van der Waals surface area contributed by atoms with E-state index >= 15 is 0 Å². The van der Waals surface area contributed by atoms with Gasteiger partial charge in [-0.05, 0) is 19.1 Å². The molecule has 2 N–H and O–H groups in total. The number of benzene rings is 1. The number of esters is 2. The number of aliphatic hydroxyl groups excluding tert-OH is 1. The van der Waals surface area contributed by atoms with Crippen LogP contribution in [0.25, 0.3) is 0 Å². The van der Waals surface area contributed by atoms with Crippen molar-refractivity contribution in [3.05, 3.63) is 39.8 Å². The molecule has 1 heterocycles. The molecule has 0 bridgehead atoms. The Hall–Kier alpha value is -2.65. The largest absolute Gasteiger partial charge is 0.466 e. The maximum Gasteiger partial charge on any atom is 0.339 e. The first-order chi connectivity index (χ1) is 12.8. The van der Waals surface area contributed by atoms with Crippen molar-refractivity contribution >= 4 is 35.1 Å². The molecule has 1 aromatic carbocycles. The Bertz CT molecular complexity index is 811. The normalized spacial score (nSPS) is 13.8. The summed E-state index contributed by atoms with van der Waals surface area (Å²) >= 11 is 5.89. The van der Waals surface area contributed by atoms with Gasteiger partial charge in [0, 0.05) is 6.54 Å². The third kappa shape index (κ3) is 4.37. The van der Waals surface area contributed by atoms with Gasteiger partial charge in [0.05, 0.1) is 48.7 Å². The molecule has 27 heavy (non-hydrogen) atoms. The molecule has 0 radical (unpaired) electrons. The van der Waals surface area contributed by atoms with Crippen LogP contribution in [-0.2, 0) is 19.1 Å². The van der Waals surface area contributed by atoms with Crippen molar-refractivity contribution in [2.75, 3.05) is 38.7 Å². The molecule has 8 nitrogen and oxygen atoms in total. The van der Waals surface area contributed by atoms with E-state index in [-0.39, 0.29) is 53.8 Å². The summed E-state index contributed by atoms with van der Waals surface area (Å²) in [5, 5.41) is 11.4. The Morgan fingerprint density at radius 1 is 1.37 bits per heavy atom. The predicted octanol–water partition coefficient (Wildman–Crippen LogP) is 1.33. The predicted molar refractivity (Wildman–Crippen MR) is 93.7 cm³/mol. The Labute approximate surface area is 159 Å². The van der Waals surface area contributed by atoms with Crippen LogP contribution >= 0.6 is 11.6 Å². The van der Waals surface area contributed by atoms with E-state index in [9.17, 15) is 18.8 Å². The van der Waals surface area contributed by atoms with Gasteiger partial charge in [0.25, 0.3) is 5.91 Å². The number of carbonyl (C=O) groups is 3. The topological polar surface area (TPSA) is 105 Å². The van der Waals surface area contributed by atoms with Crippen LogP contribution in [0, 0.1) is 5.82 Å². The molecule has 1 aliphatic rings. The molecular formula is C17H18ClFN2O6. The molecule has 2 rings (SSSR count). The summed E-state index contributed by atoms with van der Waals surface area (Å²) < 4.78 is 23.8. The second kappa shape index (κ2) is 8.83. The lowest BCUT2D eigenvalue weighted by Gasteiger charge is -2.15. The van der Waals surface area contributed by atoms with Crippen molar-refractivity contribution in [1.82, 2.24) is 4.90 Å². The number of nitrogens with one attached hydrogen (secondary N) is 1. The summed E-state index contributed by atoms with van der Waals surface area (Å²) in [6.07, 6.45) is 0. The summed E-state index contributed by atoms with van der Waals surface area (Å²) in [5.41, 5.74) is -0.562. The third-order valence-corrected chi connectivity index (χ3v) is 4.08. The molecule has 1 aliphatic heterocycles. The first-order valence-electron chi connectivity index (χ1n) is 7.98. The van der Waals surface area contributed by atoms with Crippen LogP contribution in [-0.4, -0.2) is 61.3 Å². The molecule has 1 amide bonds. The SMILES string of the molecule is CCOC(=O)c1cc(NC2=C(C(=O)OC)CN(CCO)C2=O)c(F)cc1Cl. The highest BCUT2D eigenvalue weighted by atomic mass is 35.5. The second-order valence-electron chi connectivity index (χ2n) is 5.45. The number of hydrogen-bond acceptors (Lipinski definition) is 7. The summed E-state index contributed by atoms with van der Waals surface area (Å²) in [6, 6.07) is 2.00. The summed E-state index contributed by atoms with van der Waals surface area (Å²) in [4.78, 5) is 37.6. The number of ether oxygens (including phenoxy) is 2. The third-order valence-electron chi connectivity index (χ3n) is 3.77. The Balaban J connectivity index is 2.43. The molecule has 0 spiro atoms. The van der Waals surface area contributed by atoms with Gasteiger partial charge < -0.3 is 24.8 Å². The molecule has 0 unspecified atom stereocenters. The fourth-order valence-electron chi connectivity index (χ4n) is 2.49. The van der Waals surface area contributed by atoms with Crippen LogP contribution in [0.2, 0.25) is 5.02 Å². The van der Waals surface area contributed by atoms with Crippen molar-refractivity contribution < 1.29 is 33.4 Å². The molecule has 0 aliphatic carbocycles. The molecular weight excluding hydrogens is 383 g/mol. The number of carbonyl (C=O) groups excluding carboxylic acids is 3. The maximum atomic E-state index is 14.3. The van der Waals surface area contributed by atoms with Crippen LogP contribution in [0.15, 0.2) is 23.4 Å². The van der Waals surface area contributed by atoms with Gasteiger partial charge in [0.2, 0.25) is 0 Å². The monoisotopic (exact) mass is 400 g/mol. The van der Waals surface area contributed by atoms with Gasteiger partial charge in [0.1, 0.15) is 11.5 Å². The van der Waals surface area contributed by atoms with Crippen LogP contribution in [0.1, 0.15) is 17.3 Å². The van der Waals surface area contributed by atoms with E-state index in [1.807, 2.05) is 0 Å². The van der Waals surface area contributed by atoms with Crippen molar-refractivity contribution in [2.24, 2.45) is 0 Å². The Morgan fingerprint density at radius 2 is 2.07 bits per heavy atom. The minimum absolute atomic E-state index is 0.0122. The Morgan fingerprint density at radius 3 is 2.67 bits per heavy atom. The van der Waals surface area contributed by atoms with Crippen LogP contribution < -0.4 is 5.32 Å². The number of β-amino-alcohol motifs (C(OH)–C–C–N with tert-alkyl or cyclic N) is 1. The van der Waals surface area contributed by atoms with E-state index in [4.69, 9.17) is 21.4 Å². The van der Waals surface area contributed by atoms with Gasteiger partial charge in [-0.1, -0.05) is 11.6 Å². The molecule has 0 aromatic heterocycles. The van der Waals surface area contributed by atoms with Crippen LogP contribution in [0.3, 0.4) is 0 Å². The highest BCUT2D eigenvalue weighted by Crippen LogP contribution is 2.28. The van der Waals surface area contributed by atoms with E-state index in [0.29, 0.717) is 0 Å². The number of amides is 1. The first-order valence-corrected chi connectivity index (χ1v) is 8.36. The van der Waals surface area contributed by atoms with Gasteiger partial charge in [-0.15, -0.1) is 0 Å². The van der Waals surface area contributed by atoms with E-state index in [1.54, 1.807) is 6.92 Å². The van der Waals surface area contributed by atoms with Crippen LogP contribution in [0.4, 0.5) is 10.1 Å². The number of rotatable bonds is 7. The molecule has 10 heteroatoms. The number of aliphatic hydroxyl groups is 1. The fourth-order valence-corrected chi connectivity index (χ4v) is 2.72. The Kier molecular flexibility index (Phi) is 6.75. The van der Waals surface area contributed by atoms with Gasteiger partial charge in [-0.3, -0.25) is 4.79 Å². The molecule has 0 atom stereocenters. The minimum atomic E-state index is -0.835. The molecule has 0 saturated heterocycles. The van der Waals surface area contributed by atoms with Gasteiger partial charge in [-0.25, -0.2) is 14.0 Å². The van der Waals surface area contributed by atoms with E-state index in [0.717, 1.165) is 19.2 Å². The highest BCUT2D eigenvalue weighted by Gasteiger charge is 2.35. The van der Waals surface area contributed by atoms with Gasteiger partial charge >= 0.3 is 11.9 Å². The highest BCUT2D eigenvalue weighted by molar-refractivity contribution is 6.33. The number of nitrogens with zero attached hydrogens (tertiary/aromatic N) is 1. The zero-order valence-electron chi connectivity index (χ0n) is 14.7. The van der Waals surface area contributed by atoms with Crippen molar-refractivity contribution in [1.29, 1.82) is 0 Å². The number of methoxy groups -OCH3 is 1. The van der Waals surface area contributed by atoms with Gasteiger partial charge in [0.15, 0.2) is 0 Å². The van der Waals surface area contributed by atoms with Crippen LogP contribution in [0.5, 0.6) is 0 Å². The zero-order chi connectivity index (χ0) is 20.1. The lowest BCUT2D eigenvalue weighted by Crippen LogP contribution is -2.31.